The topological polar surface area (TPSA) is 44.6 Å². The van der Waals surface area contributed by atoms with Crippen LogP contribution in [0.3, 0.4) is 0 Å². The van der Waals surface area contributed by atoms with Crippen LogP contribution in [0.1, 0.15) is 70.5 Å². The minimum atomic E-state index is 0.156. The zero-order chi connectivity index (χ0) is 20.9. The Bertz CT molecular complexity index is 767. The number of likely N-dealkylation sites (tertiary alicyclic amines) is 2. The van der Waals surface area contributed by atoms with Crippen LogP contribution in [0.5, 0.6) is 0 Å². The molecule has 1 amide bonds. The van der Waals surface area contributed by atoms with Crippen LogP contribution < -0.4 is 4.90 Å². The molecule has 0 N–H and O–H groups in total. The van der Waals surface area contributed by atoms with Crippen molar-refractivity contribution in [3.05, 3.63) is 11.8 Å². The fraction of sp³-hybridized carbons (Fsp3) is 0.833. The van der Waals surface area contributed by atoms with Crippen molar-refractivity contribution in [2.45, 2.75) is 77.3 Å². The Morgan fingerprint density at radius 1 is 1.10 bits per heavy atom. The number of hydrogen-bond donors (Lipinski definition) is 0. The summed E-state index contributed by atoms with van der Waals surface area (Å²) < 4.78 is 2.28. The van der Waals surface area contributed by atoms with Crippen LogP contribution in [0.25, 0.3) is 0 Å². The highest BCUT2D eigenvalue weighted by atomic mass is 16.1. The van der Waals surface area contributed by atoms with Crippen molar-refractivity contribution in [1.29, 1.82) is 0 Å². The summed E-state index contributed by atoms with van der Waals surface area (Å²) in [6.45, 7) is 13.9. The monoisotopic (exact) mass is 413 g/mol. The van der Waals surface area contributed by atoms with Gasteiger partial charge in [-0.25, -0.2) is 0 Å². The molecule has 6 nitrogen and oxygen atoms in total. The van der Waals surface area contributed by atoms with E-state index >= 15 is 0 Å². The molecule has 1 aromatic heterocycles. The van der Waals surface area contributed by atoms with E-state index in [1.165, 1.54) is 70.3 Å². The van der Waals surface area contributed by atoms with Gasteiger partial charge in [0.25, 0.3) is 0 Å². The Kier molecular flexibility index (Phi) is 5.11. The highest BCUT2D eigenvalue weighted by Crippen LogP contribution is 2.54. The van der Waals surface area contributed by atoms with Crippen LogP contribution >= 0.6 is 0 Å². The zero-order valence-electron chi connectivity index (χ0n) is 19.1. The van der Waals surface area contributed by atoms with Gasteiger partial charge in [-0.05, 0) is 78.3 Å². The molecule has 4 aliphatic rings. The van der Waals surface area contributed by atoms with Gasteiger partial charge in [-0.3, -0.25) is 9.48 Å². The number of rotatable bonds is 5. The minimum absolute atomic E-state index is 0.156. The van der Waals surface area contributed by atoms with Crippen molar-refractivity contribution in [1.82, 2.24) is 19.6 Å². The van der Waals surface area contributed by atoms with Crippen LogP contribution in [0.15, 0.2) is 6.07 Å². The number of aromatic nitrogens is 2. The first kappa shape index (κ1) is 20.3. The van der Waals surface area contributed by atoms with Gasteiger partial charge in [0, 0.05) is 48.9 Å². The van der Waals surface area contributed by atoms with E-state index in [9.17, 15) is 4.79 Å². The van der Waals surface area contributed by atoms with E-state index in [1.54, 1.807) is 0 Å². The predicted molar refractivity (Wildman–Crippen MR) is 120 cm³/mol. The lowest BCUT2D eigenvalue weighted by Gasteiger charge is -2.58. The summed E-state index contributed by atoms with van der Waals surface area (Å²) in [5, 5.41) is 5.10. The third kappa shape index (κ3) is 3.65. The molecule has 1 saturated carbocycles. The maximum Gasteiger partial charge on any atom is 0.209 e. The minimum Gasteiger partial charge on any atom is -0.350 e. The Labute approximate surface area is 181 Å². The smallest absolute Gasteiger partial charge is 0.209 e. The standard InChI is InChI=1S/C24H39N5O/c1-19-11-22(25-29(19)21-13-24(14-21)16-27(17-24)18-30)28-10-7-20(12-23(28,2)3)15-26-8-5-4-6-9-26/h11,18,20-21H,4-10,12-17H2,1-3H3/t20-/m1/s1. The number of hydrogen-bond acceptors (Lipinski definition) is 4. The molecule has 5 rings (SSSR count). The van der Waals surface area contributed by atoms with Gasteiger partial charge in [-0.1, -0.05) is 6.42 Å². The van der Waals surface area contributed by atoms with Crippen molar-refractivity contribution >= 4 is 12.2 Å². The van der Waals surface area contributed by atoms with Gasteiger partial charge < -0.3 is 14.7 Å². The Morgan fingerprint density at radius 2 is 1.83 bits per heavy atom. The predicted octanol–water partition coefficient (Wildman–Crippen LogP) is 3.47. The normalized spacial score (nSPS) is 29.0. The number of anilines is 1. The van der Waals surface area contributed by atoms with Crippen LogP contribution in [-0.4, -0.2) is 70.8 Å². The quantitative estimate of drug-likeness (QED) is 0.694. The summed E-state index contributed by atoms with van der Waals surface area (Å²) in [5.74, 6) is 1.97. The second-order valence-corrected chi connectivity index (χ2v) is 11.3. The molecule has 0 aromatic carbocycles. The van der Waals surface area contributed by atoms with Gasteiger partial charge in [-0.2, -0.15) is 5.10 Å². The van der Waals surface area contributed by atoms with E-state index in [0.717, 1.165) is 37.8 Å². The molecule has 30 heavy (non-hydrogen) atoms. The summed E-state index contributed by atoms with van der Waals surface area (Å²) in [4.78, 5) is 18.1. The number of aryl methyl sites for hydroxylation is 1. The van der Waals surface area contributed by atoms with Crippen LogP contribution in [0.4, 0.5) is 5.82 Å². The lowest BCUT2D eigenvalue weighted by molar-refractivity contribution is -0.140. The number of piperidine rings is 2. The molecule has 0 bridgehead atoms. The fourth-order valence-electron chi connectivity index (χ4n) is 6.85. The molecule has 0 radical (unpaired) electrons. The largest absolute Gasteiger partial charge is 0.350 e. The van der Waals surface area contributed by atoms with E-state index in [-0.39, 0.29) is 5.54 Å². The lowest BCUT2D eigenvalue weighted by atomic mass is 9.61. The third-order valence-corrected chi connectivity index (χ3v) is 8.34. The van der Waals surface area contributed by atoms with Gasteiger partial charge in [0.2, 0.25) is 6.41 Å². The fourth-order valence-corrected chi connectivity index (χ4v) is 6.85. The summed E-state index contributed by atoms with van der Waals surface area (Å²) in [7, 11) is 0. The van der Waals surface area contributed by atoms with Crippen LogP contribution in [-0.2, 0) is 4.79 Å². The highest BCUT2D eigenvalue weighted by Gasteiger charge is 2.53. The number of amides is 1. The van der Waals surface area contributed by atoms with Crippen LogP contribution in [0, 0.1) is 18.3 Å². The summed E-state index contributed by atoms with van der Waals surface area (Å²) in [6.07, 6.45) is 10.0. The Hall–Kier alpha value is -1.56. The molecule has 3 aliphatic heterocycles. The van der Waals surface area contributed by atoms with Gasteiger partial charge in [0.05, 0.1) is 6.04 Å². The molecule has 3 saturated heterocycles. The van der Waals surface area contributed by atoms with Crippen molar-refractivity contribution in [2.24, 2.45) is 11.3 Å². The number of carbonyl (C=O) groups is 1. The van der Waals surface area contributed by atoms with Crippen LogP contribution in [0.2, 0.25) is 0 Å². The lowest BCUT2D eigenvalue weighted by Crippen LogP contribution is -2.61. The molecule has 1 aliphatic carbocycles. The molecule has 4 heterocycles. The Morgan fingerprint density at radius 3 is 2.50 bits per heavy atom. The van der Waals surface area contributed by atoms with Gasteiger partial charge in [-0.15, -0.1) is 0 Å². The van der Waals surface area contributed by atoms with E-state index in [2.05, 4.69) is 41.3 Å². The highest BCUT2D eigenvalue weighted by molar-refractivity contribution is 5.50. The second kappa shape index (κ2) is 7.54. The van der Waals surface area contributed by atoms with Gasteiger partial charge >= 0.3 is 0 Å². The first-order valence-corrected chi connectivity index (χ1v) is 12.1. The first-order chi connectivity index (χ1) is 14.4. The van der Waals surface area contributed by atoms with Gasteiger partial charge in [0.15, 0.2) is 5.82 Å². The molecule has 1 atom stereocenters. The molecule has 4 fully saturated rings. The summed E-state index contributed by atoms with van der Waals surface area (Å²) in [5.41, 5.74) is 1.82. The van der Waals surface area contributed by atoms with E-state index in [1.807, 2.05) is 4.90 Å². The van der Waals surface area contributed by atoms with Gasteiger partial charge in [0.1, 0.15) is 0 Å². The SMILES string of the molecule is Cc1cc(N2CC[C@@H](CN3CCCCC3)CC2(C)C)nn1C1CC2(C1)CN(C=O)C2. The maximum absolute atomic E-state index is 10.9. The summed E-state index contributed by atoms with van der Waals surface area (Å²) >= 11 is 0. The van der Waals surface area contributed by atoms with Crippen molar-refractivity contribution < 1.29 is 4.79 Å². The molecule has 1 spiro atoms. The first-order valence-electron chi connectivity index (χ1n) is 12.1. The average molecular weight is 414 g/mol. The number of carbonyl (C=O) groups excluding carboxylic acids is 1. The molecule has 6 heteroatoms. The third-order valence-electron chi connectivity index (χ3n) is 8.34. The number of nitrogens with zero attached hydrogens (tertiary/aromatic N) is 5. The van der Waals surface area contributed by atoms with E-state index in [0.29, 0.717) is 11.5 Å². The van der Waals surface area contributed by atoms with E-state index in [4.69, 9.17) is 5.10 Å². The summed E-state index contributed by atoms with van der Waals surface area (Å²) in [6, 6.07) is 2.81. The van der Waals surface area contributed by atoms with E-state index < -0.39 is 0 Å². The molecule has 1 aromatic rings. The molecular weight excluding hydrogens is 374 g/mol. The maximum atomic E-state index is 10.9. The average Bonchev–Trinajstić information content (AvgIpc) is 3.01. The Balaban J connectivity index is 1.21. The molecule has 0 unspecified atom stereocenters. The van der Waals surface area contributed by atoms with Crippen molar-refractivity contribution in [3.63, 3.8) is 0 Å². The second-order valence-electron chi connectivity index (χ2n) is 11.3. The molecular formula is C24H39N5O. The van der Waals surface area contributed by atoms with Crippen molar-refractivity contribution in [2.75, 3.05) is 44.2 Å². The zero-order valence-corrected chi connectivity index (χ0v) is 19.1. The van der Waals surface area contributed by atoms with Crippen molar-refractivity contribution in [3.8, 4) is 0 Å². The molecule has 166 valence electrons.